The molecule has 0 unspecified atom stereocenters. The molecule has 3 nitrogen and oxygen atoms in total. The lowest BCUT2D eigenvalue weighted by Gasteiger charge is -2.31. The topological polar surface area (TPSA) is 33.5 Å². The number of rotatable bonds is 5. The van der Waals surface area contributed by atoms with Crippen molar-refractivity contribution in [1.29, 1.82) is 0 Å². The number of benzene rings is 1. The summed E-state index contributed by atoms with van der Waals surface area (Å²) < 4.78 is 5.13. The largest absolute Gasteiger partial charge is 0.472 e. The highest BCUT2D eigenvalue weighted by Crippen LogP contribution is 2.23. The Hall–Kier alpha value is -1.52. The highest BCUT2D eigenvalue weighted by atomic mass is 32.2. The Bertz CT molecular complexity index is 607. The maximum atomic E-state index is 12.7. The van der Waals surface area contributed by atoms with Crippen molar-refractivity contribution in [1.82, 2.24) is 4.90 Å². The second-order valence-corrected chi connectivity index (χ2v) is 6.68. The fraction of sp³-hybridized carbons (Fsp3) is 0.389. The standard InChI is InChI=1S/C18H21NO2S/c1-22-17-6-4-15(5-7-17)18(20)16-3-2-9-19(12-16)11-14-8-10-21-13-14/h4-8,10,13,16H,2-3,9,11-12H2,1H3/t16-/m1/s1. The molecule has 1 aromatic carbocycles. The van der Waals surface area contributed by atoms with Gasteiger partial charge in [0.2, 0.25) is 0 Å². The van der Waals surface area contributed by atoms with Crippen molar-refractivity contribution >= 4 is 17.5 Å². The van der Waals surface area contributed by atoms with Crippen LogP contribution in [0.5, 0.6) is 0 Å². The molecular formula is C18H21NO2S. The minimum absolute atomic E-state index is 0.112. The molecule has 1 saturated heterocycles. The minimum Gasteiger partial charge on any atom is -0.472 e. The van der Waals surface area contributed by atoms with Crippen LogP contribution in [0, 0.1) is 5.92 Å². The van der Waals surface area contributed by atoms with Gasteiger partial charge in [-0.15, -0.1) is 11.8 Å². The lowest BCUT2D eigenvalue weighted by Crippen LogP contribution is -2.38. The molecule has 1 fully saturated rings. The van der Waals surface area contributed by atoms with E-state index in [0.717, 1.165) is 38.0 Å². The lowest BCUT2D eigenvalue weighted by atomic mass is 9.90. The summed E-state index contributed by atoms with van der Waals surface area (Å²) >= 11 is 1.70. The molecule has 22 heavy (non-hydrogen) atoms. The van der Waals surface area contributed by atoms with Crippen molar-refractivity contribution in [2.24, 2.45) is 5.92 Å². The second-order valence-electron chi connectivity index (χ2n) is 5.80. The minimum atomic E-state index is 0.112. The SMILES string of the molecule is CSc1ccc(C(=O)[C@@H]2CCCN(Cc3ccoc3)C2)cc1. The molecule has 1 aromatic heterocycles. The normalized spacial score (nSPS) is 19.2. The Balaban J connectivity index is 1.64. The van der Waals surface area contributed by atoms with Gasteiger partial charge in [-0.3, -0.25) is 9.69 Å². The van der Waals surface area contributed by atoms with Gasteiger partial charge in [0.15, 0.2) is 5.78 Å². The Morgan fingerprint density at radius 3 is 2.82 bits per heavy atom. The third-order valence-corrected chi connectivity index (χ3v) is 4.98. The monoisotopic (exact) mass is 315 g/mol. The number of carbonyl (C=O) groups excluding carboxylic acids is 1. The van der Waals surface area contributed by atoms with E-state index in [1.54, 1.807) is 24.3 Å². The molecular weight excluding hydrogens is 294 g/mol. The summed E-state index contributed by atoms with van der Waals surface area (Å²) in [4.78, 5) is 16.2. The molecule has 2 heterocycles. The van der Waals surface area contributed by atoms with Gasteiger partial charge in [-0.1, -0.05) is 12.1 Å². The zero-order chi connectivity index (χ0) is 15.4. The average Bonchev–Trinajstić information content (AvgIpc) is 3.07. The molecule has 0 radical (unpaired) electrons. The quantitative estimate of drug-likeness (QED) is 0.614. The molecule has 1 aliphatic rings. The van der Waals surface area contributed by atoms with Crippen LogP contribution in [0.25, 0.3) is 0 Å². The first kappa shape index (κ1) is 15.4. The Labute approximate surface area is 135 Å². The number of nitrogens with zero attached hydrogens (tertiary/aromatic N) is 1. The van der Waals surface area contributed by atoms with Gasteiger partial charge in [0, 0.05) is 35.0 Å². The number of hydrogen-bond acceptors (Lipinski definition) is 4. The van der Waals surface area contributed by atoms with E-state index in [1.165, 1.54) is 10.5 Å². The Kier molecular flexibility index (Phi) is 5.01. The van der Waals surface area contributed by atoms with Gasteiger partial charge < -0.3 is 4.42 Å². The predicted octanol–water partition coefficient (Wildman–Crippen LogP) is 4.10. The third kappa shape index (κ3) is 3.62. The maximum absolute atomic E-state index is 12.7. The maximum Gasteiger partial charge on any atom is 0.167 e. The van der Waals surface area contributed by atoms with E-state index in [-0.39, 0.29) is 11.7 Å². The van der Waals surface area contributed by atoms with E-state index in [4.69, 9.17) is 4.42 Å². The second kappa shape index (κ2) is 7.16. The summed E-state index contributed by atoms with van der Waals surface area (Å²) in [5, 5.41) is 0. The average molecular weight is 315 g/mol. The van der Waals surface area contributed by atoms with E-state index >= 15 is 0 Å². The summed E-state index contributed by atoms with van der Waals surface area (Å²) in [6, 6.07) is 9.98. The first-order chi connectivity index (χ1) is 10.8. The van der Waals surface area contributed by atoms with Crippen LogP contribution in [0.15, 0.2) is 52.2 Å². The third-order valence-electron chi connectivity index (χ3n) is 4.24. The summed E-state index contributed by atoms with van der Waals surface area (Å²) in [7, 11) is 0. The van der Waals surface area contributed by atoms with E-state index in [9.17, 15) is 4.79 Å². The molecule has 0 aliphatic carbocycles. The number of carbonyl (C=O) groups is 1. The van der Waals surface area contributed by atoms with Gasteiger partial charge in [0.1, 0.15) is 0 Å². The molecule has 1 aliphatic heterocycles. The Morgan fingerprint density at radius 2 is 2.14 bits per heavy atom. The van der Waals surface area contributed by atoms with E-state index in [1.807, 2.05) is 36.6 Å². The lowest BCUT2D eigenvalue weighted by molar-refractivity contribution is 0.0811. The highest BCUT2D eigenvalue weighted by Gasteiger charge is 2.26. The van der Waals surface area contributed by atoms with Gasteiger partial charge in [-0.05, 0) is 43.8 Å². The fourth-order valence-electron chi connectivity index (χ4n) is 3.04. The molecule has 116 valence electrons. The van der Waals surface area contributed by atoms with Crippen LogP contribution in [0.4, 0.5) is 0 Å². The fourth-order valence-corrected chi connectivity index (χ4v) is 3.45. The number of thioether (sulfide) groups is 1. The van der Waals surface area contributed by atoms with Crippen LogP contribution in [-0.4, -0.2) is 30.0 Å². The van der Waals surface area contributed by atoms with Crippen molar-refractivity contribution < 1.29 is 9.21 Å². The zero-order valence-electron chi connectivity index (χ0n) is 12.8. The van der Waals surface area contributed by atoms with Gasteiger partial charge in [0.05, 0.1) is 12.5 Å². The van der Waals surface area contributed by atoms with Crippen LogP contribution in [0.2, 0.25) is 0 Å². The first-order valence-corrected chi connectivity index (χ1v) is 8.90. The summed E-state index contributed by atoms with van der Waals surface area (Å²) in [5.41, 5.74) is 2.02. The Morgan fingerprint density at radius 1 is 1.32 bits per heavy atom. The van der Waals surface area contributed by atoms with Gasteiger partial charge in [0.25, 0.3) is 0 Å². The number of ketones is 1. The van der Waals surface area contributed by atoms with Gasteiger partial charge >= 0.3 is 0 Å². The van der Waals surface area contributed by atoms with Crippen molar-refractivity contribution in [2.75, 3.05) is 19.3 Å². The highest BCUT2D eigenvalue weighted by molar-refractivity contribution is 7.98. The molecule has 0 spiro atoms. The molecule has 3 rings (SSSR count). The van der Waals surface area contributed by atoms with Gasteiger partial charge in [-0.2, -0.15) is 0 Å². The van der Waals surface area contributed by atoms with Crippen molar-refractivity contribution in [3.63, 3.8) is 0 Å². The molecule has 4 heteroatoms. The van der Waals surface area contributed by atoms with Crippen molar-refractivity contribution in [3.05, 3.63) is 54.0 Å². The van der Waals surface area contributed by atoms with Crippen LogP contribution in [0.3, 0.4) is 0 Å². The molecule has 0 amide bonds. The summed E-state index contributed by atoms with van der Waals surface area (Å²) in [6.07, 6.45) is 7.61. The molecule has 0 saturated carbocycles. The molecule has 0 N–H and O–H groups in total. The summed E-state index contributed by atoms with van der Waals surface area (Å²) in [5.74, 6) is 0.394. The number of piperidine rings is 1. The summed E-state index contributed by atoms with van der Waals surface area (Å²) in [6.45, 7) is 2.76. The van der Waals surface area contributed by atoms with Crippen molar-refractivity contribution in [3.8, 4) is 0 Å². The molecule has 0 bridgehead atoms. The van der Waals surface area contributed by atoms with Crippen LogP contribution in [0.1, 0.15) is 28.8 Å². The van der Waals surface area contributed by atoms with Crippen molar-refractivity contribution in [2.45, 2.75) is 24.3 Å². The van der Waals surface area contributed by atoms with Crippen LogP contribution < -0.4 is 0 Å². The van der Waals surface area contributed by atoms with Crippen LogP contribution >= 0.6 is 11.8 Å². The number of Topliss-reactive ketones (excluding diaryl/α,β-unsaturated/α-hetero) is 1. The smallest absolute Gasteiger partial charge is 0.167 e. The number of likely N-dealkylation sites (tertiary alicyclic amines) is 1. The zero-order valence-corrected chi connectivity index (χ0v) is 13.6. The number of furan rings is 1. The van der Waals surface area contributed by atoms with Gasteiger partial charge in [-0.25, -0.2) is 0 Å². The predicted molar refractivity (Wildman–Crippen MR) is 89.3 cm³/mol. The molecule has 2 aromatic rings. The first-order valence-electron chi connectivity index (χ1n) is 7.68. The number of hydrogen-bond donors (Lipinski definition) is 0. The van der Waals surface area contributed by atoms with E-state index < -0.39 is 0 Å². The molecule has 1 atom stereocenters. The van der Waals surface area contributed by atoms with E-state index in [0.29, 0.717) is 0 Å². The van der Waals surface area contributed by atoms with E-state index in [2.05, 4.69) is 4.90 Å². The van der Waals surface area contributed by atoms with Crippen LogP contribution in [-0.2, 0) is 6.54 Å².